The normalized spacial score (nSPS) is 12.5. The maximum Gasteiger partial charge on any atom is 0.306 e. The zero-order valence-electron chi connectivity index (χ0n) is 45.3. The van der Waals surface area contributed by atoms with E-state index in [-0.39, 0.29) is 31.1 Å². The Hall–Kier alpha value is -1.59. The van der Waals surface area contributed by atoms with Crippen LogP contribution in [0.2, 0.25) is 0 Å². The monoisotopic (exact) mass is 933 g/mol. The van der Waals surface area contributed by atoms with Gasteiger partial charge in [0.15, 0.2) is 6.10 Å². The molecule has 6 heteroatoms. The van der Waals surface area contributed by atoms with Crippen LogP contribution in [0, 0.1) is 11.8 Å². The van der Waals surface area contributed by atoms with E-state index in [1.165, 1.54) is 225 Å². The summed E-state index contributed by atoms with van der Waals surface area (Å²) in [5, 5.41) is 0. The summed E-state index contributed by atoms with van der Waals surface area (Å²) in [7, 11) is 0. The molecule has 392 valence electrons. The summed E-state index contributed by atoms with van der Waals surface area (Å²) in [5.41, 5.74) is 0. The van der Waals surface area contributed by atoms with Crippen molar-refractivity contribution in [2.24, 2.45) is 11.8 Å². The second-order valence-electron chi connectivity index (χ2n) is 21.4. The lowest BCUT2D eigenvalue weighted by molar-refractivity contribution is -0.167. The van der Waals surface area contributed by atoms with Crippen molar-refractivity contribution in [3.05, 3.63) is 0 Å². The molecule has 0 aliphatic carbocycles. The van der Waals surface area contributed by atoms with Crippen LogP contribution in [0.4, 0.5) is 0 Å². The van der Waals surface area contributed by atoms with E-state index in [2.05, 4.69) is 34.6 Å². The first-order valence-corrected chi connectivity index (χ1v) is 29.8. The molecule has 0 spiro atoms. The molecule has 0 aromatic rings. The van der Waals surface area contributed by atoms with Crippen LogP contribution in [0.1, 0.15) is 336 Å². The zero-order valence-corrected chi connectivity index (χ0v) is 45.3. The Labute approximate surface area is 412 Å². The number of unbranched alkanes of at least 4 members (excludes halogenated alkanes) is 38. The molecule has 0 heterocycles. The van der Waals surface area contributed by atoms with Crippen LogP contribution in [0.5, 0.6) is 0 Å². The van der Waals surface area contributed by atoms with Crippen LogP contribution in [0.15, 0.2) is 0 Å². The van der Waals surface area contributed by atoms with Crippen LogP contribution in [0.25, 0.3) is 0 Å². The topological polar surface area (TPSA) is 78.9 Å². The minimum Gasteiger partial charge on any atom is -0.462 e. The van der Waals surface area contributed by atoms with Gasteiger partial charge in [-0.25, -0.2) is 0 Å². The molecule has 2 atom stereocenters. The van der Waals surface area contributed by atoms with Gasteiger partial charge in [-0.3, -0.25) is 14.4 Å². The fraction of sp³-hybridized carbons (Fsp3) is 0.950. The lowest BCUT2D eigenvalue weighted by Crippen LogP contribution is -2.30. The number of carbonyl (C=O) groups is 3. The molecule has 0 saturated carbocycles. The van der Waals surface area contributed by atoms with Gasteiger partial charge in [-0.1, -0.05) is 298 Å². The predicted molar refractivity (Wildman–Crippen MR) is 284 cm³/mol. The van der Waals surface area contributed by atoms with E-state index in [1.54, 1.807) is 0 Å². The van der Waals surface area contributed by atoms with Crippen molar-refractivity contribution in [2.75, 3.05) is 13.2 Å². The SMILES string of the molecule is CCCCCCCCCCCCCCC(=O)OC[C@@H](COC(=O)CCCCCCCCCCCCCCCCC(C)CC)OC(=O)CCCCCCCCCCCCCCCCCC(C)C. The highest BCUT2D eigenvalue weighted by atomic mass is 16.6. The van der Waals surface area contributed by atoms with Crippen molar-refractivity contribution >= 4 is 17.9 Å². The molecule has 0 aliphatic heterocycles. The lowest BCUT2D eigenvalue weighted by Gasteiger charge is -2.18. The van der Waals surface area contributed by atoms with E-state index in [0.29, 0.717) is 19.3 Å². The van der Waals surface area contributed by atoms with Gasteiger partial charge in [0.2, 0.25) is 0 Å². The Morgan fingerprint density at radius 3 is 0.864 bits per heavy atom. The van der Waals surface area contributed by atoms with Crippen molar-refractivity contribution in [3.8, 4) is 0 Å². The number of ether oxygens (including phenoxy) is 3. The second-order valence-corrected chi connectivity index (χ2v) is 21.4. The Morgan fingerprint density at radius 1 is 0.318 bits per heavy atom. The molecule has 66 heavy (non-hydrogen) atoms. The van der Waals surface area contributed by atoms with E-state index in [0.717, 1.165) is 69.6 Å². The summed E-state index contributed by atoms with van der Waals surface area (Å²) >= 11 is 0. The van der Waals surface area contributed by atoms with Gasteiger partial charge in [-0.15, -0.1) is 0 Å². The van der Waals surface area contributed by atoms with Gasteiger partial charge in [0.05, 0.1) is 0 Å². The molecule has 0 radical (unpaired) electrons. The molecule has 0 amide bonds. The van der Waals surface area contributed by atoms with E-state index >= 15 is 0 Å². The van der Waals surface area contributed by atoms with Gasteiger partial charge < -0.3 is 14.2 Å². The molecule has 0 aromatic heterocycles. The average Bonchev–Trinajstić information content (AvgIpc) is 3.30. The Balaban J connectivity index is 4.27. The highest BCUT2D eigenvalue weighted by Crippen LogP contribution is 2.19. The van der Waals surface area contributed by atoms with Gasteiger partial charge in [0, 0.05) is 19.3 Å². The number of hydrogen-bond acceptors (Lipinski definition) is 6. The van der Waals surface area contributed by atoms with Gasteiger partial charge in [-0.2, -0.15) is 0 Å². The van der Waals surface area contributed by atoms with E-state index in [4.69, 9.17) is 14.2 Å². The summed E-state index contributed by atoms with van der Waals surface area (Å²) in [6, 6.07) is 0. The first-order valence-electron chi connectivity index (χ1n) is 29.8. The molecule has 0 rings (SSSR count). The summed E-state index contributed by atoms with van der Waals surface area (Å²) in [6.07, 6.45) is 56.6. The Bertz CT molecular complexity index is 1010. The first-order chi connectivity index (χ1) is 32.3. The van der Waals surface area contributed by atoms with Gasteiger partial charge >= 0.3 is 17.9 Å². The fourth-order valence-corrected chi connectivity index (χ4v) is 9.20. The molecular formula is C60H116O6. The quantitative estimate of drug-likeness (QED) is 0.0343. The number of esters is 3. The van der Waals surface area contributed by atoms with Crippen LogP contribution in [0.3, 0.4) is 0 Å². The van der Waals surface area contributed by atoms with Gasteiger partial charge in [0.1, 0.15) is 13.2 Å². The highest BCUT2D eigenvalue weighted by molar-refractivity contribution is 5.71. The van der Waals surface area contributed by atoms with Crippen LogP contribution in [-0.4, -0.2) is 37.2 Å². The summed E-state index contributed by atoms with van der Waals surface area (Å²) in [4.78, 5) is 38.2. The molecule has 0 fully saturated rings. The minimum absolute atomic E-state index is 0.0624. The molecule has 0 aliphatic rings. The van der Waals surface area contributed by atoms with E-state index in [1.807, 2.05) is 0 Å². The first kappa shape index (κ1) is 64.4. The summed E-state index contributed by atoms with van der Waals surface area (Å²) in [6.45, 7) is 11.5. The molecule has 6 nitrogen and oxygen atoms in total. The summed E-state index contributed by atoms with van der Waals surface area (Å²) in [5.74, 6) is 0.907. The standard InChI is InChI=1S/C60H116O6/c1-6-8-9-10-11-12-13-25-30-35-40-45-50-58(61)64-53-57(66-60(63)52-47-42-37-32-27-22-16-14-15-19-23-28-33-38-43-48-55(3)4)54-65-59(62)51-46-41-36-31-26-21-18-17-20-24-29-34-39-44-49-56(5)7-2/h55-57H,6-54H2,1-5H3/t56?,57-/m0/s1. The molecule has 0 aromatic carbocycles. The Kier molecular flexibility index (Phi) is 51.5. The third kappa shape index (κ3) is 51.8. The summed E-state index contributed by atoms with van der Waals surface area (Å²) < 4.78 is 16.9. The van der Waals surface area contributed by atoms with Crippen molar-refractivity contribution < 1.29 is 28.6 Å². The minimum atomic E-state index is -0.762. The van der Waals surface area contributed by atoms with Gasteiger partial charge in [0.25, 0.3) is 0 Å². The van der Waals surface area contributed by atoms with Crippen LogP contribution >= 0.6 is 0 Å². The van der Waals surface area contributed by atoms with Crippen molar-refractivity contribution in [1.82, 2.24) is 0 Å². The lowest BCUT2D eigenvalue weighted by atomic mass is 9.99. The number of hydrogen-bond donors (Lipinski definition) is 0. The molecule has 0 saturated heterocycles. The largest absolute Gasteiger partial charge is 0.462 e. The average molecular weight is 934 g/mol. The maximum atomic E-state index is 12.9. The smallest absolute Gasteiger partial charge is 0.306 e. The second kappa shape index (κ2) is 52.8. The Morgan fingerprint density at radius 2 is 0.576 bits per heavy atom. The van der Waals surface area contributed by atoms with Crippen LogP contribution in [-0.2, 0) is 28.6 Å². The van der Waals surface area contributed by atoms with Crippen molar-refractivity contribution in [2.45, 2.75) is 343 Å². The third-order valence-corrected chi connectivity index (χ3v) is 14.1. The highest BCUT2D eigenvalue weighted by Gasteiger charge is 2.19. The molecule has 0 bridgehead atoms. The fourth-order valence-electron chi connectivity index (χ4n) is 9.20. The number of carbonyl (C=O) groups excluding carboxylic acids is 3. The van der Waals surface area contributed by atoms with Crippen LogP contribution < -0.4 is 0 Å². The van der Waals surface area contributed by atoms with Gasteiger partial charge in [-0.05, 0) is 31.1 Å². The van der Waals surface area contributed by atoms with Crippen molar-refractivity contribution in [1.29, 1.82) is 0 Å². The molecule has 1 unspecified atom stereocenters. The van der Waals surface area contributed by atoms with E-state index < -0.39 is 6.10 Å². The maximum absolute atomic E-state index is 12.9. The molecule has 0 N–H and O–H groups in total. The van der Waals surface area contributed by atoms with E-state index in [9.17, 15) is 14.4 Å². The van der Waals surface area contributed by atoms with Crippen molar-refractivity contribution in [3.63, 3.8) is 0 Å². The zero-order chi connectivity index (χ0) is 48.2. The number of rotatable bonds is 54. The third-order valence-electron chi connectivity index (χ3n) is 14.1. The predicted octanol–water partition coefficient (Wildman–Crippen LogP) is 19.7. The molecular weight excluding hydrogens is 817 g/mol.